The van der Waals surface area contributed by atoms with Crippen LogP contribution in [0.5, 0.6) is 0 Å². The predicted molar refractivity (Wildman–Crippen MR) is 81.9 cm³/mol. The summed E-state index contributed by atoms with van der Waals surface area (Å²) in [5, 5.41) is 0.587. The molecule has 0 atom stereocenters. The number of primary amides is 1. The van der Waals surface area contributed by atoms with Crippen LogP contribution in [0.15, 0.2) is 0 Å². The molecule has 3 rings (SSSR count). The monoisotopic (exact) mass is 294 g/mol. The molecule has 0 bridgehead atoms. The molecule has 0 spiro atoms. The number of anilines is 1. The lowest BCUT2D eigenvalue weighted by atomic mass is 10.0. The molecule has 0 saturated carbocycles. The smallest absolute Gasteiger partial charge is 0.251 e. The number of hydrogen-bond acceptors (Lipinski definition) is 5. The quantitative estimate of drug-likeness (QED) is 0.864. The lowest BCUT2D eigenvalue weighted by Crippen LogP contribution is -2.37. The number of amides is 1. The zero-order chi connectivity index (χ0) is 14.1. The van der Waals surface area contributed by atoms with E-state index in [1.54, 1.807) is 0 Å². The van der Waals surface area contributed by atoms with Gasteiger partial charge in [0, 0.05) is 31.1 Å². The molecule has 6 heteroatoms. The van der Waals surface area contributed by atoms with Gasteiger partial charge >= 0.3 is 0 Å². The zero-order valence-corrected chi connectivity index (χ0v) is 12.5. The van der Waals surface area contributed by atoms with Gasteiger partial charge in [0.2, 0.25) is 0 Å². The first-order valence-electron chi connectivity index (χ1n) is 7.29. The van der Waals surface area contributed by atoms with Crippen molar-refractivity contribution >= 4 is 22.2 Å². The summed E-state index contributed by atoms with van der Waals surface area (Å²) in [4.78, 5) is 17.7. The van der Waals surface area contributed by atoms with E-state index in [0.717, 1.165) is 38.2 Å². The predicted octanol–water partition coefficient (Wildman–Crippen LogP) is 0.883. The number of nitrogens with two attached hydrogens (primary N) is 2. The van der Waals surface area contributed by atoms with Gasteiger partial charge in [0.05, 0.1) is 10.6 Å². The number of nitrogen functional groups attached to an aromatic ring is 1. The molecule has 1 fully saturated rings. The highest BCUT2D eigenvalue weighted by atomic mass is 32.1. The fourth-order valence-corrected chi connectivity index (χ4v) is 4.39. The second kappa shape index (κ2) is 5.71. The Labute approximate surface area is 123 Å². The summed E-state index contributed by atoms with van der Waals surface area (Å²) < 4.78 is 0. The maximum atomic E-state index is 11.5. The van der Waals surface area contributed by atoms with Crippen LogP contribution in [0.2, 0.25) is 0 Å². The minimum Gasteiger partial charge on any atom is -0.390 e. The molecule has 2 aliphatic rings. The number of thiophene rings is 1. The van der Waals surface area contributed by atoms with Crippen molar-refractivity contribution in [3.8, 4) is 0 Å². The SMILES string of the molecule is NC(=O)c1c(N)sc2c1CCN(CCN1CCCC1)C2. The van der Waals surface area contributed by atoms with Crippen LogP contribution in [0.25, 0.3) is 0 Å². The van der Waals surface area contributed by atoms with E-state index in [2.05, 4.69) is 9.80 Å². The van der Waals surface area contributed by atoms with Crippen LogP contribution in [0.4, 0.5) is 5.00 Å². The fourth-order valence-electron chi connectivity index (χ4n) is 3.23. The van der Waals surface area contributed by atoms with Crippen molar-refractivity contribution in [2.24, 2.45) is 5.73 Å². The van der Waals surface area contributed by atoms with Gasteiger partial charge in [-0.05, 0) is 37.9 Å². The second-order valence-corrected chi connectivity index (χ2v) is 6.82. The number of fused-ring (bicyclic) bond motifs is 1. The number of likely N-dealkylation sites (tertiary alicyclic amines) is 1. The third-order valence-electron chi connectivity index (χ3n) is 4.34. The Morgan fingerprint density at radius 2 is 1.85 bits per heavy atom. The Balaban J connectivity index is 1.63. The van der Waals surface area contributed by atoms with Crippen LogP contribution in [0, 0.1) is 0 Å². The van der Waals surface area contributed by atoms with E-state index < -0.39 is 0 Å². The lowest BCUT2D eigenvalue weighted by Gasteiger charge is -2.28. The molecule has 3 heterocycles. The van der Waals surface area contributed by atoms with Crippen LogP contribution in [-0.2, 0) is 13.0 Å². The minimum absolute atomic E-state index is 0.384. The van der Waals surface area contributed by atoms with E-state index in [1.165, 1.54) is 42.1 Å². The van der Waals surface area contributed by atoms with Gasteiger partial charge in [0.25, 0.3) is 5.91 Å². The molecule has 20 heavy (non-hydrogen) atoms. The zero-order valence-electron chi connectivity index (χ0n) is 11.7. The average molecular weight is 294 g/mol. The first kappa shape index (κ1) is 13.9. The Hall–Kier alpha value is -1.11. The summed E-state index contributed by atoms with van der Waals surface area (Å²) in [6.45, 7) is 6.65. The van der Waals surface area contributed by atoms with Crippen molar-refractivity contribution in [3.63, 3.8) is 0 Å². The van der Waals surface area contributed by atoms with E-state index in [9.17, 15) is 4.79 Å². The molecule has 4 N–H and O–H groups in total. The number of rotatable bonds is 4. The number of carbonyl (C=O) groups excluding carboxylic acids is 1. The van der Waals surface area contributed by atoms with E-state index in [1.807, 2.05) is 0 Å². The molecule has 1 aromatic rings. The van der Waals surface area contributed by atoms with Crippen molar-refractivity contribution in [2.75, 3.05) is 38.5 Å². The summed E-state index contributed by atoms with van der Waals surface area (Å²) in [5.41, 5.74) is 13.0. The van der Waals surface area contributed by atoms with E-state index in [0.29, 0.717) is 10.6 Å². The summed E-state index contributed by atoms with van der Waals surface area (Å²) >= 11 is 1.53. The molecule has 0 unspecified atom stereocenters. The summed E-state index contributed by atoms with van der Waals surface area (Å²) in [6, 6.07) is 0. The molecule has 0 aromatic carbocycles. The number of nitrogens with zero attached hydrogens (tertiary/aromatic N) is 2. The molecular weight excluding hydrogens is 272 g/mol. The van der Waals surface area contributed by atoms with E-state index in [-0.39, 0.29) is 5.91 Å². The van der Waals surface area contributed by atoms with Crippen molar-refractivity contribution < 1.29 is 4.79 Å². The molecule has 5 nitrogen and oxygen atoms in total. The maximum absolute atomic E-state index is 11.5. The first-order valence-corrected chi connectivity index (χ1v) is 8.11. The average Bonchev–Trinajstić information content (AvgIpc) is 3.01. The Morgan fingerprint density at radius 1 is 1.15 bits per heavy atom. The maximum Gasteiger partial charge on any atom is 0.251 e. The van der Waals surface area contributed by atoms with Crippen LogP contribution < -0.4 is 11.5 Å². The Kier molecular flexibility index (Phi) is 3.96. The van der Waals surface area contributed by atoms with Crippen LogP contribution in [0.3, 0.4) is 0 Å². The first-order chi connectivity index (χ1) is 9.65. The highest BCUT2D eigenvalue weighted by Gasteiger charge is 2.26. The molecule has 1 aromatic heterocycles. The summed E-state index contributed by atoms with van der Waals surface area (Å²) in [7, 11) is 0. The fraction of sp³-hybridized carbons (Fsp3) is 0.643. The Morgan fingerprint density at radius 3 is 2.55 bits per heavy atom. The number of hydrogen-bond donors (Lipinski definition) is 2. The molecule has 1 saturated heterocycles. The van der Waals surface area contributed by atoms with Gasteiger partial charge in [-0.25, -0.2) is 0 Å². The number of carbonyl (C=O) groups is 1. The van der Waals surface area contributed by atoms with Crippen LogP contribution in [0.1, 0.15) is 33.6 Å². The Bertz CT molecular complexity index is 508. The lowest BCUT2D eigenvalue weighted by molar-refractivity contribution is 0.1000. The van der Waals surface area contributed by atoms with Gasteiger partial charge in [0.15, 0.2) is 0 Å². The topological polar surface area (TPSA) is 75.6 Å². The second-order valence-electron chi connectivity index (χ2n) is 5.68. The summed E-state index contributed by atoms with van der Waals surface area (Å²) in [6.07, 6.45) is 3.57. The summed E-state index contributed by atoms with van der Waals surface area (Å²) in [5.74, 6) is -0.384. The van der Waals surface area contributed by atoms with Gasteiger partial charge in [-0.1, -0.05) is 0 Å². The van der Waals surface area contributed by atoms with E-state index in [4.69, 9.17) is 11.5 Å². The molecule has 0 radical (unpaired) electrons. The third-order valence-corrected chi connectivity index (χ3v) is 5.39. The van der Waals surface area contributed by atoms with Gasteiger partial charge in [0.1, 0.15) is 0 Å². The van der Waals surface area contributed by atoms with Crippen molar-refractivity contribution in [1.29, 1.82) is 0 Å². The van der Waals surface area contributed by atoms with Crippen molar-refractivity contribution in [3.05, 3.63) is 16.0 Å². The van der Waals surface area contributed by atoms with Gasteiger partial charge in [-0.3, -0.25) is 9.69 Å². The van der Waals surface area contributed by atoms with Gasteiger partial charge in [-0.2, -0.15) is 0 Å². The van der Waals surface area contributed by atoms with E-state index >= 15 is 0 Å². The molecule has 0 aliphatic carbocycles. The molecular formula is C14H22N4OS. The molecule has 1 amide bonds. The highest BCUT2D eigenvalue weighted by molar-refractivity contribution is 7.16. The van der Waals surface area contributed by atoms with Crippen molar-refractivity contribution in [1.82, 2.24) is 9.80 Å². The molecule has 2 aliphatic heterocycles. The van der Waals surface area contributed by atoms with Crippen LogP contribution >= 0.6 is 11.3 Å². The highest BCUT2D eigenvalue weighted by Crippen LogP contribution is 2.34. The van der Waals surface area contributed by atoms with Gasteiger partial charge in [-0.15, -0.1) is 11.3 Å². The van der Waals surface area contributed by atoms with Crippen LogP contribution in [-0.4, -0.2) is 48.4 Å². The molecule has 110 valence electrons. The van der Waals surface area contributed by atoms with Crippen molar-refractivity contribution in [2.45, 2.75) is 25.8 Å². The standard InChI is InChI=1S/C14H22N4OS/c15-13(19)12-10-3-6-18(9-11(10)20-14(12)16)8-7-17-4-1-2-5-17/h1-9,16H2,(H2,15,19). The normalized spacial score (nSPS) is 20.2. The third kappa shape index (κ3) is 2.68. The van der Waals surface area contributed by atoms with Gasteiger partial charge < -0.3 is 16.4 Å². The largest absolute Gasteiger partial charge is 0.390 e. The minimum atomic E-state index is -0.384.